The monoisotopic (exact) mass is 278 g/mol. The Balaban J connectivity index is 0.00000256. The van der Waals surface area contributed by atoms with Crippen LogP contribution < -0.4 is 10.6 Å². The summed E-state index contributed by atoms with van der Waals surface area (Å²) >= 11 is 0. The Morgan fingerprint density at radius 3 is 2.53 bits per heavy atom. The van der Waals surface area contributed by atoms with Gasteiger partial charge in [-0.15, -0.1) is 12.4 Å². The summed E-state index contributed by atoms with van der Waals surface area (Å²) in [5.41, 5.74) is 0. The highest BCUT2D eigenvalue weighted by atomic mass is 35.5. The van der Waals surface area contributed by atoms with Crippen LogP contribution in [0, 0.1) is 0 Å². The second-order valence-corrected chi connectivity index (χ2v) is 3.89. The van der Waals surface area contributed by atoms with Crippen LogP contribution in [0.1, 0.15) is 19.8 Å². The Morgan fingerprint density at radius 1 is 1.47 bits per heavy atom. The third kappa shape index (κ3) is 3.99. The molecule has 102 valence electrons. The van der Waals surface area contributed by atoms with E-state index < -0.39 is 24.3 Å². The van der Waals surface area contributed by atoms with Gasteiger partial charge in [0.05, 0.1) is 0 Å². The fourth-order valence-corrected chi connectivity index (χ4v) is 1.60. The predicted octanol–water partition coefficient (Wildman–Crippen LogP) is 1.57. The minimum atomic E-state index is -4.61. The van der Waals surface area contributed by atoms with E-state index >= 15 is 0 Å². The molecule has 2 unspecified atom stereocenters. The van der Waals surface area contributed by atoms with Crippen molar-refractivity contribution in [3.05, 3.63) is 0 Å². The van der Waals surface area contributed by atoms with Crippen LogP contribution in [0.4, 0.5) is 17.6 Å². The molecule has 17 heavy (non-hydrogen) atoms. The Morgan fingerprint density at radius 2 is 2.06 bits per heavy atom. The van der Waals surface area contributed by atoms with Gasteiger partial charge in [0.2, 0.25) is 0 Å². The van der Waals surface area contributed by atoms with Crippen LogP contribution in [-0.4, -0.2) is 36.9 Å². The van der Waals surface area contributed by atoms with Crippen molar-refractivity contribution in [1.29, 1.82) is 0 Å². The number of hydrogen-bond acceptors (Lipinski definition) is 2. The fourth-order valence-electron chi connectivity index (χ4n) is 1.60. The Kier molecular flexibility index (Phi) is 6.18. The van der Waals surface area contributed by atoms with E-state index in [9.17, 15) is 22.4 Å². The SMILES string of the molecule is CC1NCCCC1NC(=O)C(F)(F)C(F)F.Cl. The molecule has 3 nitrogen and oxygen atoms in total. The lowest BCUT2D eigenvalue weighted by Gasteiger charge is -2.31. The maximum Gasteiger partial charge on any atom is 0.383 e. The van der Waals surface area contributed by atoms with Crippen molar-refractivity contribution in [2.24, 2.45) is 0 Å². The van der Waals surface area contributed by atoms with Gasteiger partial charge in [-0.3, -0.25) is 4.79 Å². The molecule has 0 aromatic heterocycles. The number of carbonyl (C=O) groups is 1. The van der Waals surface area contributed by atoms with Crippen molar-refractivity contribution < 1.29 is 22.4 Å². The number of nitrogens with one attached hydrogen (secondary N) is 2. The van der Waals surface area contributed by atoms with Crippen LogP contribution in [0.5, 0.6) is 0 Å². The summed E-state index contributed by atoms with van der Waals surface area (Å²) in [4.78, 5) is 11.0. The highest BCUT2D eigenvalue weighted by Gasteiger charge is 2.49. The molecule has 1 amide bonds. The summed E-state index contributed by atoms with van der Waals surface area (Å²) < 4.78 is 49.1. The molecule has 1 rings (SSSR count). The molecule has 2 N–H and O–H groups in total. The summed E-state index contributed by atoms with van der Waals surface area (Å²) in [6.07, 6.45) is -2.74. The van der Waals surface area contributed by atoms with Crippen LogP contribution in [0.15, 0.2) is 0 Å². The molecule has 2 atom stereocenters. The smallest absolute Gasteiger partial charge is 0.346 e. The first-order valence-corrected chi connectivity index (χ1v) is 5.06. The molecule has 0 spiro atoms. The number of piperidine rings is 1. The number of alkyl halides is 4. The van der Waals surface area contributed by atoms with Gasteiger partial charge in [0.25, 0.3) is 5.91 Å². The van der Waals surface area contributed by atoms with E-state index in [0.717, 1.165) is 13.0 Å². The van der Waals surface area contributed by atoms with Crippen LogP contribution in [0.25, 0.3) is 0 Å². The summed E-state index contributed by atoms with van der Waals surface area (Å²) in [6.45, 7) is 2.45. The minimum Gasteiger partial charge on any atom is -0.346 e. The number of halogens is 5. The average Bonchev–Trinajstić information content (AvgIpc) is 2.21. The second-order valence-electron chi connectivity index (χ2n) is 3.89. The third-order valence-electron chi connectivity index (χ3n) is 2.66. The molecule has 1 aliphatic heterocycles. The predicted molar refractivity (Wildman–Crippen MR) is 56.8 cm³/mol. The molecular formula is C9H15ClF4N2O. The summed E-state index contributed by atoms with van der Waals surface area (Å²) in [5, 5.41) is 4.93. The zero-order chi connectivity index (χ0) is 12.3. The molecule has 0 aliphatic carbocycles. The van der Waals surface area contributed by atoms with E-state index in [4.69, 9.17) is 0 Å². The summed E-state index contributed by atoms with van der Waals surface area (Å²) in [7, 11) is 0. The minimum absolute atomic E-state index is 0. The number of carbonyl (C=O) groups excluding carboxylic acids is 1. The van der Waals surface area contributed by atoms with Crippen molar-refractivity contribution in [2.75, 3.05) is 6.54 Å². The normalized spacial score (nSPS) is 25.3. The van der Waals surface area contributed by atoms with Crippen molar-refractivity contribution in [3.63, 3.8) is 0 Å². The van der Waals surface area contributed by atoms with E-state index in [2.05, 4.69) is 5.32 Å². The van der Waals surface area contributed by atoms with Crippen molar-refractivity contribution in [2.45, 2.75) is 44.2 Å². The third-order valence-corrected chi connectivity index (χ3v) is 2.66. The first-order valence-electron chi connectivity index (χ1n) is 5.06. The highest BCUT2D eigenvalue weighted by Crippen LogP contribution is 2.23. The molecule has 1 aliphatic rings. The zero-order valence-electron chi connectivity index (χ0n) is 9.18. The molecule has 0 saturated carbocycles. The van der Waals surface area contributed by atoms with Gasteiger partial charge in [0.15, 0.2) is 0 Å². The van der Waals surface area contributed by atoms with Crippen LogP contribution in [-0.2, 0) is 4.79 Å². The van der Waals surface area contributed by atoms with E-state index in [-0.39, 0.29) is 18.4 Å². The molecule has 8 heteroatoms. The highest BCUT2D eigenvalue weighted by molar-refractivity contribution is 5.85. The van der Waals surface area contributed by atoms with Crippen LogP contribution in [0.2, 0.25) is 0 Å². The Hall–Kier alpha value is -0.560. The second kappa shape index (κ2) is 6.39. The molecule has 0 bridgehead atoms. The summed E-state index contributed by atoms with van der Waals surface area (Å²) in [6, 6.07) is -0.711. The molecule has 0 aromatic carbocycles. The van der Waals surface area contributed by atoms with Gasteiger partial charge >= 0.3 is 12.3 Å². The Bertz CT molecular complexity index is 265. The maximum atomic E-state index is 12.6. The fraction of sp³-hybridized carbons (Fsp3) is 0.889. The first kappa shape index (κ1) is 16.4. The molecule has 0 aromatic rings. The first-order chi connectivity index (χ1) is 7.35. The van der Waals surface area contributed by atoms with Crippen LogP contribution in [0.3, 0.4) is 0 Å². The molecular weight excluding hydrogens is 264 g/mol. The van der Waals surface area contributed by atoms with Crippen molar-refractivity contribution >= 4 is 18.3 Å². The lowest BCUT2D eigenvalue weighted by molar-refractivity contribution is -0.170. The van der Waals surface area contributed by atoms with Crippen molar-refractivity contribution in [3.8, 4) is 0 Å². The number of amides is 1. The van der Waals surface area contributed by atoms with Gasteiger partial charge in [-0.2, -0.15) is 8.78 Å². The quantitative estimate of drug-likeness (QED) is 0.770. The average molecular weight is 279 g/mol. The van der Waals surface area contributed by atoms with Crippen molar-refractivity contribution in [1.82, 2.24) is 10.6 Å². The number of hydrogen-bond donors (Lipinski definition) is 2. The molecule has 1 heterocycles. The maximum absolute atomic E-state index is 12.6. The van der Waals surface area contributed by atoms with Gasteiger partial charge < -0.3 is 10.6 Å². The lowest BCUT2D eigenvalue weighted by Crippen LogP contribution is -2.56. The van der Waals surface area contributed by atoms with Gasteiger partial charge in [-0.25, -0.2) is 8.78 Å². The lowest BCUT2D eigenvalue weighted by atomic mass is 9.99. The van der Waals surface area contributed by atoms with Gasteiger partial charge in [0, 0.05) is 12.1 Å². The van der Waals surface area contributed by atoms with Gasteiger partial charge in [-0.1, -0.05) is 0 Å². The van der Waals surface area contributed by atoms with E-state index in [1.165, 1.54) is 0 Å². The van der Waals surface area contributed by atoms with Crippen LogP contribution >= 0.6 is 12.4 Å². The molecule has 1 fully saturated rings. The van der Waals surface area contributed by atoms with E-state index in [0.29, 0.717) is 6.42 Å². The number of rotatable bonds is 3. The van der Waals surface area contributed by atoms with Gasteiger partial charge in [-0.05, 0) is 26.3 Å². The largest absolute Gasteiger partial charge is 0.383 e. The molecule has 1 saturated heterocycles. The zero-order valence-corrected chi connectivity index (χ0v) is 10.00. The molecule has 0 radical (unpaired) electrons. The topological polar surface area (TPSA) is 41.1 Å². The standard InChI is InChI=1S/C9H14F4N2O.ClH/c1-5-6(3-2-4-14-5)15-8(16)9(12,13)7(10)11;/h5-7,14H,2-4H2,1H3,(H,15,16);1H. The van der Waals surface area contributed by atoms with Gasteiger partial charge in [0.1, 0.15) is 0 Å². The Labute approximate surface area is 103 Å². The van der Waals surface area contributed by atoms with E-state index in [1.54, 1.807) is 6.92 Å². The van der Waals surface area contributed by atoms with E-state index in [1.807, 2.05) is 5.32 Å². The summed E-state index contributed by atoms with van der Waals surface area (Å²) in [5.74, 6) is -6.51.